The third kappa shape index (κ3) is 3.91. The first-order valence-electron chi connectivity index (χ1n) is 8.52. The zero-order valence-corrected chi connectivity index (χ0v) is 15.5. The van der Waals surface area contributed by atoms with Gasteiger partial charge in [0.25, 0.3) is 5.56 Å². The summed E-state index contributed by atoms with van der Waals surface area (Å²) in [4.78, 5) is 12.0. The Morgan fingerprint density at radius 3 is 2.61 bits per heavy atom. The van der Waals surface area contributed by atoms with Gasteiger partial charge in [-0.2, -0.15) is 10.4 Å². The Kier molecular flexibility index (Phi) is 5.51. The molecule has 0 fully saturated rings. The topological polar surface area (TPSA) is 100.0 Å². The van der Waals surface area contributed by atoms with Gasteiger partial charge in [-0.3, -0.25) is 9.36 Å². The Morgan fingerprint density at radius 1 is 1.14 bits per heavy atom. The minimum absolute atomic E-state index is 0.0748. The number of aromatic nitrogens is 1. The van der Waals surface area contributed by atoms with Crippen molar-refractivity contribution in [2.45, 2.75) is 13.5 Å². The van der Waals surface area contributed by atoms with Crippen LogP contribution in [0.1, 0.15) is 16.7 Å². The summed E-state index contributed by atoms with van der Waals surface area (Å²) in [6.07, 6.45) is 0. The highest BCUT2D eigenvalue weighted by atomic mass is 16.5. The minimum atomic E-state index is -0.576. The van der Waals surface area contributed by atoms with Crippen molar-refractivity contribution < 1.29 is 9.84 Å². The standard InChI is InChI=1S/C21H18N4O3/c1-14-18(12-22)20(26)25(2)21(27)19(14)24-23-16-9-6-10-17(11-16)28-13-15-7-4-3-5-8-15/h3-11,27H,13H2,1-2H3. The molecule has 7 nitrogen and oxygen atoms in total. The fraction of sp³-hybridized carbons (Fsp3) is 0.143. The molecule has 1 N–H and O–H groups in total. The van der Waals surface area contributed by atoms with Crippen LogP contribution in [0.5, 0.6) is 11.6 Å². The summed E-state index contributed by atoms with van der Waals surface area (Å²) >= 11 is 0. The van der Waals surface area contributed by atoms with E-state index in [1.807, 2.05) is 42.5 Å². The molecule has 2 aromatic carbocycles. The second kappa shape index (κ2) is 8.18. The first-order valence-corrected chi connectivity index (χ1v) is 8.52. The normalized spacial score (nSPS) is 10.8. The molecule has 7 heteroatoms. The summed E-state index contributed by atoms with van der Waals surface area (Å²) in [5.74, 6) is 0.279. The first-order chi connectivity index (χ1) is 13.5. The predicted octanol–water partition coefficient (Wildman–Crippen LogP) is 4.27. The molecule has 0 aliphatic carbocycles. The lowest BCUT2D eigenvalue weighted by Gasteiger charge is -2.09. The number of nitriles is 1. The van der Waals surface area contributed by atoms with Crippen LogP contribution in [0.4, 0.5) is 11.4 Å². The van der Waals surface area contributed by atoms with Gasteiger partial charge in [0.05, 0.1) is 5.69 Å². The van der Waals surface area contributed by atoms with Gasteiger partial charge < -0.3 is 9.84 Å². The molecule has 3 aromatic rings. The Morgan fingerprint density at radius 2 is 1.89 bits per heavy atom. The lowest BCUT2D eigenvalue weighted by atomic mass is 10.1. The summed E-state index contributed by atoms with van der Waals surface area (Å²) in [6, 6.07) is 18.7. The number of aromatic hydroxyl groups is 1. The van der Waals surface area contributed by atoms with Crippen LogP contribution >= 0.6 is 0 Å². The highest BCUT2D eigenvalue weighted by Crippen LogP contribution is 2.32. The molecule has 140 valence electrons. The Hall–Kier alpha value is -3.92. The van der Waals surface area contributed by atoms with Crippen molar-refractivity contribution in [3.63, 3.8) is 0 Å². The van der Waals surface area contributed by atoms with E-state index in [0.717, 1.165) is 10.1 Å². The van der Waals surface area contributed by atoms with Crippen molar-refractivity contribution in [2.24, 2.45) is 17.3 Å². The number of pyridine rings is 1. The molecule has 0 saturated carbocycles. The minimum Gasteiger partial charge on any atom is -0.493 e. The van der Waals surface area contributed by atoms with E-state index in [9.17, 15) is 15.2 Å². The number of azo groups is 1. The molecule has 0 unspecified atom stereocenters. The quantitative estimate of drug-likeness (QED) is 0.674. The SMILES string of the molecule is Cc1c(N=Nc2cccc(OCc3ccccc3)c2)c(O)n(C)c(=O)c1C#N. The summed E-state index contributed by atoms with van der Waals surface area (Å²) in [5, 5.41) is 27.6. The van der Waals surface area contributed by atoms with Gasteiger partial charge in [-0.15, -0.1) is 5.11 Å². The zero-order valence-electron chi connectivity index (χ0n) is 15.5. The highest BCUT2D eigenvalue weighted by Gasteiger charge is 2.16. The predicted molar refractivity (Wildman–Crippen MR) is 104 cm³/mol. The molecule has 0 atom stereocenters. The van der Waals surface area contributed by atoms with Gasteiger partial charge in [0, 0.05) is 18.7 Å². The molecule has 0 bridgehead atoms. The maximum Gasteiger partial charge on any atom is 0.271 e. The number of hydrogen-bond donors (Lipinski definition) is 1. The summed E-state index contributed by atoms with van der Waals surface area (Å²) in [5.41, 5.74) is 1.26. The number of nitrogens with zero attached hydrogens (tertiary/aromatic N) is 4. The second-order valence-corrected chi connectivity index (χ2v) is 6.12. The van der Waals surface area contributed by atoms with Gasteiger partial charge in [0.2, 0.25) is 5.88 Å². The summed E-state index contributed by atoms with van der Waals surface area (Å²) in [6.45, 7) is 1.97. The van der Waals surface area contributed by atoms with Crippen molar-refractivity contribution in [3.05, 3.63) is 81.6 Å². The summed E-state index contributed by atoms with van der Waals surface area (Å²) < 4.78 is 6.74. The number of benzene rings is 2. The smallest absolute Gasteiger partial charge is 0.271 e. The van der Waals surface area contributed by atoms with E-state index in [1.165, 1.54) is 7.05 Å². The number of rotatable bonds is 5. The van der Waals surface area contributed by atoms with Crippen LogP contribution in [0.15, 0.2) is 69.6 Å². The van der Waals surface area contributed by atoms with Crippen molar-refractivity contribution in [2.75, 3.05) is 0 Å². The van der Waals surface area contributed by atoms with Crippen molar-refractivity contribution in [1.29, 1.82) is 5.26 Å². The molecule has 1 aromatic heterocycles. The van der Waals surface area contributed by atoms with E-state index in [-0.39, 0.29) is 22.7 Å². The van der Waals surface area contributed by atoms with Crippen LogP contribution < -0.4 is 10.3 Å². The van der Waals surface area contributed by atoms with Crippen LogP contribution in [-0.4, -0.2) is 9.67 Å². The van der Waals surface area contributed by atoms with Gasteiger partial charge >= 0.3 is 0 Å². The third-order valence-electron chi connectivity index (χ3n) is 4.22. The second-order valence-electron chi connectivity index (χ2n) is 6.12. The lowest BCUT2D eigenvalue weighted by molar-refractivity contribution is 0.306. The molecule has 1 heterocycles. The molecule has 3 rings (SSSR count). The summed E-state index contributed by atoms with van der Waals surface area (Å²) in [7, 11) is 1.37. The van der Waals surface area contributed by atoms with Crippen molar-refractivity contribution in [1.82, 2.24) is 4.57 Å². The lowest BCUT2D eigenvalue weighted by Crippen LogP contribution is -2.20. The Balaban J connectivity index is 1.85. The molecule has 0 aliphatic heterocycles. The molecule has 0 saturated heterocycles. The van der Waals surface area contributed by atoms with Crippen LogP contribution in [0, 0.1) is 18.3 Å². The monoisotopic (exact) mass is 374 g/mol. The van der Waals surface area contributed by atoms with Gasteiger partial charge in [0.1, 0.15) is 24.0 Å². The molecule has 0 spiro atoms. The molecule has 0 aliphatic rings. The number of ether oxygens (including phenoxy) is 1. The van der Waals surface area contributed by atoms with E-state index in [4.69, 9.17) is 4.74 Å². The van der Waals surface area contributed by atoms with E-state index in [0.29, 0.717) is 18.0 Å². The maximum absolute atomic E-state index is 12.0. The average molecular weight is 374 g/mol. The average Bonchev–Trinajstić information content (AvgIpc) is 2.72. The molecular weight excluding hydrogens is 356 g/mol. The zero-order chi connectivity index (χ0) is 20.1. The largest absolute Gasteiger partial charge is 0.493 e. The number of hydrogen-bond acceptors (Lipinski definition) is 6. The van der Waals surface area contributed by atoms with Crippen LogP contribution in [0.3, 0.4) is 0 Å². The Bertz CT molecular complexity index is 1130. The van der Waals surface area contributed by atoms with E-state index in [2.05, 4.69) is 10.2 Å². The van der Waals surface area contributed by atoms with Crippen LogP contribution in [-0.2, 0) is 13.7 Å². The van der Waals surface area contributed by atoms with Crippen LogP contribution in [0.25, 0.3) is 0 Å². The highest BCUT2D eigenvalue weighted by molar-refractivity contribution is 5.59. The van der Waals surface area contributed by atoms with Gasteiger partial charge in [-0.25, -0.2) is 0 Å². The molecular formula is C21H18N4O3. The molecule has 0 amide bonds. The van der Waals surface area contributed by atoms with E-state index >= 15 is 0 Å². The van der Waals surface area contributed by atoms with Gasteiger partial charge in [-0.05, 0) is 24.6 Å². The van der Waals surface area contributed by atoms with Gasteiger partial charge in [-0.1, -0.05) is 36.4 Å². The van der Waals surface area contributed by atoms with Gasteiger partial charge in [0.15, 0.2) is 5.69 Å². The Labute approximate surface area is 161 Å². The third-order valence-corrected chi connectivity index (χ3v) is 4.22. The maximum atomic E-state index is 12.0. The molecule has 28 heavy (non-hydrogen) atoms. The molecule has 0 radical (unpaired) electrons. The van der Waals surface area contributed by atoms with E-state index in [1.54, 1.807) is 25.1 Å². The fourth-order valence-electron chi connectivity index (χ4n) is 2.60. The van der Waals surface area contributed by atoms with Crippen molar-refractivity contribution >= 4 is 11.4 Å². The first kappa shape index (κ1) is 18.9. The van der Waals surface area contributed by atoms with Crippen molar-refractivity contribution in [3.8, 4) is 17.7 Å². The van der Waals surface area contributed by atoms with Crippen LogP contribution in [0.2, 0.25) is 0 Å². The fourth-order valence-corrected chi connectivity index (χ4v) is 2.60. The van der Waals surface area contributed by atoms with E-state index < -0.39 is 5.56 Å².